The van der Waals surface area contributed by atoms with E-state index in [0.717, 1.165) is 57.0 Å². The van der Waals surface area contributed by atoms with E-state index in [-0.39, 0.29) is 5.60 Å². The Balaban J connectivity index is 1.64. The van der Waals surface area contributed by atoms with Crippen LogP contribution in [0.5, 0.6) is 0 Å². The second-order valence-corrected chi connectivity index (χ2v) is 7.26. The first-order valence-corrected chi connectivity index (χ1v) is 8.60. The molecule has 2 atom stereocenters. The maximum Gasteiger partial charge on any atom is 0.105 e. The minimum atomic E-state index is -0.138. The van der Waals surface area contributed by atoms with Crippen LogP contribution in [0, 0.1) is 6.92 Å². The van der Waals surface area contributed by atoms with Gasteiger partial charge in [0.25, 0.3) is 0 Å². The van der Waals surface area contributed by atoms with Crippen molar-refractivity contribution in [3.8, 4) is 0 Å². The largest absolute Gasteiger partial charge is 0.377 e. The monoisotopic (exact) mass is 319 g/mol. The van der Waals surface area contributed by atoms with Crippen LogP contribution >= 0.6 is 0 Å². The third-order valence-electron chi connectivity index (χ3n) is 4.67. The van der Waals surface area contributed by atoms with Crippen LogP contribution in [0.1, 0.15) is 24.2 Å². The normalized spacial score (nSPS) is 29.3. The third kappa shape index (κ3) is 4.51. The molecule has 2 aliphatic heterocycles. The Morgan fingerprint density at radius 3 is 3.04 bits per heavy atom. The number of nitrogens with zero attached hydrogens (tertiary/aromatic N) is 3. The van der Waals surface area contributed by atoms with Gasteiger partial charge in [-0.3, -0.25) is 9.88 Å². The predicted molar refractivity (Wildman–Crippen MR) is 90.5 cm³/mol. The summed E-state index contributed by atoms with van der Waals surface area (Å²) in [6, 6.07) is 6.24. The van der Waals surface area contributed by atoms with Gasteiger partial charge in [0.2, 0.25) is 0 Å². The molecule has 0 saturated carbocycles. The van der Waals surface area contributed by atoms with Crippen LogP contribution in [0.2, 0.25) is 0 Å². The number of likely N-dealkylation sites (N-methyl/N-ethyl adjacent to an activating group) is 1. The van der Waals surface area contributed by atoms with E-state index in [4.69, 9.17) is 9.47 Å². The highest BCUT2D eigenvalue weighted by Gasteiger charge is 2.43. The fraction of sp³-hybridized carbons (Fsp3) is 0.722. The Morgan fingerprint density at radius 2 is 2.26 bits per heavy atom. The van der Waals surface area contributed by atoms with Crippen LogP contribution in [0.3, 0.4) is 0 Å². The zero-order valence-corrected chi connectivity index (χ0v) is 14.6. The van der Waals surface area contributed by atoms with Gasteiger partial charge >= 0.3 is 0 Å². The summed E-state index contributed by atoms with van der Waals surface area (Å²) in [6.45, 7) is 7.27. The minimum absolute atomic E-state index is 0.138. The summed E-state index contributed by atoms with van der Waals surface area (Å²) in [4.78, 5) is 9.28. The molecule has 1 spiro atoms. The molecule has 1 aromatic heterocycles. The molecule has 5 heteroatoms. The van der Waals surface area contributed by atoms with E-state index >= 15 is 0 Å². The summed E-state index contributed by atoms with van der Waals surface area (Å²) in [5, 5.41) is 0. The molecular weight excluding hydrogens is 290 g/mol. The molecule has 0 aromatic carbocycles. The lowest BCUT2D eigenvalue weighted by Crippen LogP contribution is -2.45. The van der Waals surface area contributed by atoms with Crippen molar-refractivity contribution in [1.82, 2.24) is 14.8 Å². The average Bonchev–Trinajstić information content (AvgIpc) is 2.74. The summed E-state index contributed by atoms with van der Waals surface area (Å²) in [6.07, 6.45) is 2.53. The summed E-state index contributed by atoms with van der Waals surface area (Å²) < 4.78 is 12.3. The molecule has 3 rings (SSSR count). The van der Waals surface area contributed by atoms with Crippen molar-refractivity contribution in [2.75, 3.05) is 46.9 Å². The van der Waals surface area contributed by atoms with E-state index in [2.05, 4.69) is 41.0 Å². The first-order chi connectivity index (χ1) is 11.0. The SMILES string of the molecule is Cc1cccc(CN2CCOC[C@@]3(CC[C@H](CN(C)C)O3)C2)n1. The lowest BCUT2D eigenvalue weighted by Gasteiger charge is -2.32. The fourth-order valence-corrected chi connectivity index (χ4v) is 3.69. The number of hydrogen-bond donors (Lipinski definition) is 0. The standard InChI is InChI=1S/C18H29N3O2/c1-15-5-4-6-16(19-15)11-21-9-10-22-14-18(13-21)8-7-17(23-18)12-20(2)3/h4-6,17H,7-14H2,1-3H3/t17-,18-/m1/s1. The number of rotatable bonds is 4. The first-order valence-electron chi connectivity index (χ1n) is 8.60. The quantitative estimate of drug-likeness (QED) is 0.844. The summed E-state index contributed by atoms with van der Waals surface area (Å²) >= 11 is 0. The predicted octanol–water partition coefficient (Wildman–Crippen LogP) is 1.70. The Kier molecular flexibility index (Phi) is 5.31. The molecule has 5 nitrogen and oxygen atoms in total. The molecule has 23 heavy (non-hydrogen) atoms. The highest BCUT2D eigenvalue weighted by atomic mass is 16.6. The number of aryl methyl sites for hydroxylation is 1. The van der Waals surface area contributed by atoms with Crippen molar-refractivity contribution in [3.05, 3.63) is 29.6 Å². The number of aromatic nitrogens is 1. The van der Waals surface area contributed by atoms with Crippen LogP contribution in [0.4, 0.5) is 0 Å². The summed E-state index contributed by atoms with van der Waals surface area (Å²) in [5.74, 6) is 0. The average molecular weight is 319 g/mol. The highest BCUT2D eigenvalue weighted by molar-refractivity contribution is 5.10. The molecule has 2 fully saturated rings. The summed E-state index contributed by atoms with van der Waals surface area (Å²) in [7, 11) is 4.21. The Hall–Kier alpha value is -1.01. The van der Waals surface area contributed by atoms with Crippen LogP contribution < -0.4 is 0 Å². The smallest absolute Gasteiger partial charge is 0.105 e. The zero-order valence-electron chi connectivity index (χ0n) is 14.6. The van der Waals surface area contributed by atoms with Gasteiger partial charge in [0, 0.05) is 31.9 Å². The Bertz CT molecular complexity index is 523. The van der Waals surface area contributed by atoms with Gasteiger partial charge in [-0.05, 0) is 46.0 Å². The second-order valence-electron chi connectivity index (χ2n) is 7.26. The van der Waals surface area contributed by atoms with Crippen molar-refractivity contribution < 1.29 is 9.47 Å². The Morgan fingerprint density at radius 1 is 1.39 bits per heavy atom. The van der Waals surface area contributed by atoms with Crippen LogP contribution in [0.15, 0.2) is 18.2 Å². The van der Waals surface area contributed by atoms with Gasteiger partial charge in [-0.2, -0.15) is 0 Å². The van der Waals surface area contributed by atoms with Gasteiger partial charge in [0.15, 0.2) is 0 Å². The lowest BCUT2D eigenvalue weighted by molar-refractivity contribution is -0.0902. The van der Waals surface area contributed by atoms with Gasteiger partial charge in [-0.25, -0.2) is 0 Å². The van der Waals surface area contributed by atoms with E-state index in [0.29, 0.717) is 12.7 Å². The molecule has 3 heterocycles. The maximum absolute atomic E-state index is 6.44. The molecule has 2 aliphatic rings. The molecule has 0 unspecified atom stereocenters. The van der Waals surface area contributed by atoms with Gasteiger partial charge < -0.3 is 14.4 Å². The van der Waals surface area contributed by atoms with Crippen LogP contribution in [-0.4, -0.2) is 73.4 Å². The molecule has 128 valence electrons. The molecule has 0 N–H and O–H groups in total. The summed E-state index contributed by atoms with van der Waals surface area (Å²) in [5.41, 5.74) is 2.07. The minimum Gasteiger partial charge on any atom is -0.377 e. The molecule has 0 aliphatic carbocycles. The van der Waals surface area contributed by atoms with E-state index in [9.17, 15) is 0 Å². The van der Waals surface area contributed by atoms with Gasteiger partial charge in [0.05, 0.1) is 25.0 Å². The van der Waals surface area contributed by atoms with Crippen molar-refractivity contribution in [2.45, 2.75) is 38.0 Å². The molecule has 2 saturated heterocycles. The number of pyridine rings is 1. The fourth-order valence-electron chi connectivity index (χ4n) is 3.69. The van der Waals surface area contributed by atoms with Crippen molar-refractivity contribution in [1.29, 1.82) is 0 Å². The van der Waals surface area contributed by atoms with Crippen molar-refractivity contribution in [2.24, 2.45) is 0 Å². The molecule has 0 radical (unpaired) electrons. The molecule has 1 aromatic rings. The number of hydrogen-bond acceptors (Lipinski definition) is 5. The zero-order chi connectivity index (χ0) is 16.3. The number of ether oxygens (including phenoxy) is 2. The van der Waals surface area contributed by atoms with Crippen LogP contribution in [0.25, 0.3) is 0 Å². The highest BCUT2D eigenvalue weighted by Crippen LogP contribution is 2.33. The Labute approximate surface area is 139 Å². The van der Waals surface area contributed by atoms with E-state index < -0.39 is 0 Å². The van der Waals surface area contributed by atoms with Gasteiger partial charge in [0.1, 0.15) is 5.60 Å². The van der Waals surface area contributed by atoms with E-state index in [1.165, 1.54) is 0 Å². The van der Waals surface area contributed by atoms with Gasteiger partial charge in [-0.15, -0.1) is 0 Å². The maximum atomic E-state index is 6.44. The molecule has 0 amide bonds. The van der Waals surface area contributed by atoms with E-state index in [1.54, 1.807) is 0 Å². The van der Waals surface area contributed by atoms with Crippen LogP contribution in [-0.2, 0) is 16.0 Å². The molecule has 0 bridgehead atoms. The van der Waals surface area contributed by atoms with Gasteiger partial charge in [-0.1, -0.05) is 6.07 Å². The van der Waals surface area contributed by atoms with Crippen molar-refractivity contribution in [3.63, 3.8) is 0 Å². The molecular formula is C18H29N3O2. The van der Waals surface area contributed by atoms with Crippen molar-refractivity contribution >= 4 is 0 Å². The topological polar surface area (TPSA) is 37.8 Å². The third-order valence-corrected chi connectivity index (χ3v) is 4.67. The second kappa shape index (κ2) is 7.26. The van der Waals surface area contributed by atoms with E-state index in [1.807, 2.05) is 13.0 Å². The first kappa shape index (κ1) is 16.8. The lowest BCUT2D eigenvalue weighted by atomic mass is 10.00.